The van der Waals surface area contributed by atoms with Crippen molar-refractivity contribution in [3.05, 3.63) is 24.2 Å². The zero-order valence-corrected chi connectivity index (χ0v) is 16.9. The number of halogens is 1. The SMILES string of the molecule is CN=C(NCCCN1CC(C)CC(C)C1)NCc1ccco1.I. The molecule has 5 nitrogen and oxygen atoms in total. The van der Waals surface area contributed by atoms with Crippen molar-refractivity contribution in [2.24, 2.45) is 16.8 Å². The molecule has 0 aromatic carbocycles. The van der Waals surface area contributed by atoms with Crippen molar-refractivity contribution in [3.63, 3.8) is 0 Å². The first-order valence-corrected chi connectivity index (χ1v) is 8.36. The minimum atomic E-state index is 0. The van der Waals surface area contributed by atoms with E-state index in [1.165, 1.54) is 19.5 Å². The maximum absolute atomic E-state index is 5.30. The lowest BCUT2D eigenvalue weighted by atomic mass is 9.92. The molecule has 2 unspecified atom stereocenters. The first kappa shape index (κ1) is 20.3. The highest BCUT2D eigenvalue weighted by Crippen LogP contribution is 2.20. The van der Waals surface area contributed by atoms with Crippen LogP contribution in [0.1, 0.15) is 32.4 Å². The van der Waals surface area contributed by atoms with E-state index in [0.717, 1.165) is 43.1 Å². The van der Waals surface area contributed by atoms with E-state index < -0.39 is 0 Å². The van der Waals surface area contributed by atoms with E-state index in [1.807, 2.05) is 12.1 Å². The fourth-order valence-electron chi connectivity index (χ4n) is 3.29. The topological polar surface area (TPSA) is 52.8 Å². The van der Waals surface area contributed by atoms with Gasteiger partial charge in [-0.05, 0) is 43.4 Å². The van der Waals surface area contributed by atoms with Crippen LogP contribution < -0.4 is 10.6 Å². The molecular formula is C17H31IN4O. The van der Waals surface area contributed by atoms with Crippen molar-refractivity contribution >= 4 is 29.9 Å². The second-order valence-corrected chi connectivity index (χ2v) is 6.49. The van der Waals surface area contributed by atoms with Crippen LogP contribution in [0.5, 0.6) is 0 Å². The molecule has 2 N–H and O–H groups in total. The summed E-state index contributed by atoms with van der Waals surface area (Å²) in [4.78, 5) is 6.83. The number of likely N-dealkylation sites (tertiary alicyclic amines) is 1. The minimum absolute atomic E-state index is 0. The van der Waals surface area contributed by atoms with Gasteiger partial charge in [-0.15, -0.1) is 24.0 Å². The van der Waals surface area contributed by atoms with E-state index in [-0.39, 0.29) is 24.0 Å². The van der Waals surface area contributed by atoms with Crippen LogP contribution in [0.2, 0.25) is 0 Å². The second kappa shape index (κ2) is 10.9. The molecular weight excluding hydrogens is 403 g/mol. The zero-order valence-electron chi connectivity index (χ0n) is 14.5. The van der Waals surface area contributed by atoms with Crippen LogP contribution in [0.15, 0.2) is 27.8 Å². The van der Waals surface area contributed by atoms with Crippen LogP contribution in [0.4, 0.5) is 0 Å². The summed E-state index contributed by atoms with van der Waals surface area (Å²) in [5.74, 6) is 3.41. The Labute approximate surface area is 157 Å². The Morgan fingerprint density at radius 3 is 2.65 bits per heavy atom. The van der Waals surface area contributed by atoms with Crippen LogP contribution in [-0.2, 0) is 6.54 Å². The van der Waals surface area contributed by atoms with Gasteiger partial charge in [0.25, 0.3) is 0 Å². The third-order valence-corrected chi connectivity index (χ3v) is 4.12. The predicted molar refractivity (Wildman–Crippen MR) is 106 cm³/mol. The van der Waals surface area contributed by atoms with Gasteiger partial charge >= 0.3 is 0 Å². The summed E-state index contributed by atoms with van der Waals surface area (Å²) in [6.07, 6.45) is 4.20. The summed E-state index contributed by atoms with van der Waals surface area (Å²) >= 11 is 0. The summed E-state index contributed by atoms with van der Waals surface area (Å²) in [6.45, 7) is 9.98. The number of hydrogen-bond acceptors (Lipinski definition) is 3. The first-order valence-electron chi connectivity index (χ1n) is 8.36. The average molecular weight is 434 g/mol. The molecule has 1 aromatic rings. The second-order valence-electron chi connectivity index (χ2n) is 6.49. The highest BCUT2D eigenvalue weighted by Gasteiger charge is 2.20. The third kappa shape index (κ3) is 7.56. The normalized spacial score (nSPS) is 22.5. The van der Waals surface area contributed by atoms with Crippen LogP contribution in [-0.4, -0.2) is 44.1 Å². The van der Waals surface area contributed by atoms with Crippen molar-refractivity contribution in [1.82, 2.24) is 15.5 Å². The van der Waals surface area contributed by atoms with E-state index in [4.69, 9.17) is 4.42 Å². The van der Waals surface area contributed by atoms with Crippen LogP contribution in [0, 0.1) is 11.8 Å². The van der Waals surface area contributed by atoms with E-state index in [0.29, 0.717) is 6.54 Å². The molecule has 23 heavy (non-hydrogen) atoms. The molecule has 1 fully saturated rings. The van der Waals surface area contributed by atoms with Crippen molar-refractivity contribution in [2.75, 3.05) is 33.2 Å². The molecule has 0 saturated carbocycles. The molecule has 132 valence electrons. The molecule has 0 aliphatic carbocycles. The lowest BCUT2D eigenvalue weighted by molar-refractivity contribution is 0.140. The minimum Gasteiger partial charge on any atom is -0.467 e. The Bertz CT molecular complexity index is 439. The van der Waals surface area contributed by atoms with Gasteiger partial charge in [-0.25, -0.2) is 0 Å². The molecule has 1 aliphatic rings. The Morgan fingerprint density at radius 2 is 2.04 bits per heavy atom. The van der Waals surface area contributed by atoms with Crippen molar-refractivity contribution in [1.29, 1.82) is 0 Å². The number of aliphatic imine (C=N–C) groups is 1. The fraction of sp³-hybridized carbons (Fsp3) is 0.706. The van der Waals surface area contributed by atoms with E-state index in [2.05, 4.69) is 34.4 Å². The summed E-state index contributed by atoms with van der Waals surface area (Å²) in [5, 5.41) is 6.62. The monoisotopic (exact) mass is 434 g/mol. The van der Waals surface area contributed by atoms with Gasteiger partial charge in [-0.2, -0.15) is 0 Å². The van der Waals surface area contributed by atoms with Gasteiger partial charge in [-0.1, -0.05) is 13.8 Å². The summed E-state index contributed by atoms with van der Waals surface area (Å²) < 4.78 is 5.30. The number of hydrogen-bond donors (Lipinski definition) is 2. The predicted octanol–water partition coefficient (Wildman–Crippen LogP) is 2.93. The molecule has 1 aliphatic heterocycles. The number of nitrogens with one attached hydrogen (secondary N) is 2. The lowest BCUT2D eigenvalue weighted by Crippen LogP contribution is -2.41. The molecule has 1 aromatic heterocycles. The van der Waals surface area contributed by atoms with Crippen molar-refractivity contribution < 1.29 is 4.42 Å². The largest absolute Gasteiger partial charge is 0.467 e. The smallest absolute Gasteiger partial charge is 0.191 e. The molecule has 1 saturated heterocycles. The summed E-state index contributed by atoms with van der Waals surface area (Å²) in [5.41, 5.74) is 0. The Kier molecular flexibility index (Phi) is 9.62. The fourth-order valence-corrected chi connectivity index (χ4v) is 3.29. The van der Waals surface area contributed by atoms with E-state index >= 15 is 0 Å². The maximum atomic E-state index is 5.30. The van der Waals surface area contributed by atoms with Gasteiger partial charge in [0.1, 0.15) is 5.76 Å². The molecule has 0 spiro atoms. The van der Waals surface area contributed by atoms with Gasteiger partial charge in [0.15, 0.2) is 5.96 Å². The third-order valence-electron chi connectivity index (χ3n) is 4.12. The van der Waals surface area contributed by atoms with Crippen LogP contribution >= 0.6 is 24.0 Å². The quantitative estimate of drug-likeness (QED) is 0.313. The zero-order chi connectivity index (χ0) is 15.8. The van der Waals surface area contributed by atoms with Gasteiger partial charge < -0.3 is 20.0 Å². The highest BCUT2D eigenvalue weighted by atomic mass is 127. The van der Waals surface area contributed by atoms with E-state index in [1.54, 1.807) is 13.3 Å². The van der Waals surface area contributed by atoms with Gasteiger partial charge in [0, 0.05) is 26.7 Å². The standard InChI is InChI=1S/C17H30N4O.HI/c1-14-10-15(2)13-21(12-14)8-5-7-19-17(18-3)20-11-16-6-4-9-22-16;/h4,6,9,14-15H,5,7-8,10-13H2,1-3H3,(H2,18,19,20);1H. The Hall–Kier alpha value is -0.760. The number of guanidine groups is 1. The number of nitrogens with zero attached hydrogens (tertiary/aromatic N) is 2. The molecule has 0 amide bonds. The number of piperidine rings is 1. The van der Waals surface area contributed by atoms with Gasteiger partial charge in [0.05, 0.1) is 12.8 Å². The molecule has 2 atom stereocenters. The molecule has 0 bridgehead atoms. The van der Waals surface area contributed by atoms with Crippen molar-refractivity contribution in [3.8, 4) is 0 Å². The Morgan fingerprint density at radius 1 is 1.30 bits per heavy atom. The first-order chi connectivity index (χ1) is 10.7. The van der Waals surface area contributed by atoms with Gasteiger partial charge in [0.2, 0.25) is 0 Å². The van der Waals surface area contributed by atoms with Gasteiger partial charge in [-0.3, -0.25) is 4.99 Å². The number of rotatable bonds is 6. The molecule has 2 rings (SSSR count). The Balaban J connectivity index is 0.00000264. The highest BCUT2D eigenvalue weighted by molar-refractivity contribution is 14.0. The van der Waals surface area contributed by atoms with Crippen molar-refractivity contribution in [2.45, 2.75) is 33.2 Å². The lowest BCUT2D eigenvalue weighted by Gasteiger charge is -2.35. The summed E-state index contributed by atoms with van der Waals surface area (Å²) in [7, 11) is 1.80. The molecule has 0 radical (unpaired) electrons. The van der Waals surface area contributed by atoms with Crippen LogP contribution in [0.3, 0.4) is 0 Å². The van der Waals surface area contributed by atoms with Crippen LogP contribution in [0.25, 0.3) is 0 Å². The molecule has 6 heteroatoms. The van der Waals surface area contributed by atoms with E-state index in [9.17, 15) is 0 Å². The number of furan rings is 1. The average Bonchev–Trinajstić information content (AvgIpc) is 2.99. The summed E-state index contributed by atoms with van der Waals surface area (Å²) in [6, 6.07) is 3.85. The molecule has 2 heterocycles. The maximum Gasteiger partial charge on any atom is 0.191 e.